The van der Waals surface area contributed by atoms with E-state index in [2.05, 4.69) is 27.5 Å². The minimum atomic E-state index is -0.248. The number of carbonyl (C=O) groups excluding carboxylic acids is 1. The molecule has 0 aliphatic heterocycles. The molecule has 6 heteroatoms. The van der Waals surface area contributed by atoms with Crippen molar-refractivity contribution in [3.05, 3.63) is 46.7 Å². The molecule has 0 radical (unpaired) electrons. The molecule has 1 aromatic carbocycles. The maximum absolute atomic E-state index is 12.1. The minimum absolute atomic E-state index is 0.248. The third-order valence-electron chi connectivity index (χ3n) is 2.88. The van der Waals surface area contributed by atoms with E-state index < -0.39 is 0 Å². The van der Waals surface area contributed by atoms with Crippen molar-refractivity contribution >= 4 is 29.1 Å². The molecule has 0 atom stereocenters. The molecule has 2 N–H and O–H groups in total. The summed E-state index contributed by atoms with van der Waals surface area (Å²) in [5, 5.41) is 6.51. The molecule has 0 saturated carbocycles. The number of hydrogen-bond acceptors (Lipinski definition) is 4. The zero-order valence-electron chi connectivity index (χ0n) is 12.0. The highest BCUT2D eigenvalue weighted by atomic mass is 35.5. The van der Waals surface area contributed by atoms with Crippen molar-refractivity contribution in [2.75, 3.05) is 17.2 Å². The van der Waals surface area contributed by atoms with Crippen LogP contribution >= 0.6 is 11.6 Å². The van der Waals surface area contributed by atoms with Crippen molar-refractivity contribution in [1.29, 1.82) is 0 Å². The predicted octanol–water partition coefficient (Wildman–Crippen LogP) is 3.51. The van der Waals surface area contributed by atoms with Gasteiger partial charge >= 0.3 is 0 Å². The van der Waals surface area contributed by atoms with Gasteiger partial charge in [0.15, 0.2) is 0 Å². The van der Waals surface area contributed by atoms with Gasteiger partial charge in [-0.25, -0.2) is 9.97 Å². The monoisotopic (exact) mass is 304 g/mol. The summed E-state index contributed by atoms with van der Waals surface area (Å²) in [6.45, 7) is 4.74. The van der Waals surface area contributed by atoms with E-state index in [0.717, 1.165) is 24.2 Å². The number of carbonyl (C=O) groups is 1. The van der Waals surface area contributed by atoms with Crippen molar-refractivity contribution in [3.63, 3.8) is 0 Å². The maximum atomic E-state index is 12.1. The van der Waals surface area contributed by atoms with Crippen LogP contribution in [0.1, 0.15) is 29.3 Å². The fourth-order valence-electron chi connectivity index (χ4n) is 1.74. The molecule has 0 aliphatic rings. The van der Waals surface area contributed by atoms with E-state index in [9.17, 15) is 4.79 Å². The standard InChI is InChI=1S/C15H17ClN4O/c1-3-6-17-15-18-8-11(9-19-15)14(21)20-13-5-4-12(16)7-10(13)2/h4-5,7-9H,3,6H2,1-2H3,(H,20,21)(H,17,18,19). The summed E-state index contributed by atoms with van der Waals surface area (Å²) in [5.74, 6) is 0.276. The van der Waals surface area contributed by atoms with Crippen molar-refractivity contribution in [2.24, 2.45) is 0 Å². The first-order valence-electron chi connectivity index (χ1n) is 6.73. The SMILES string of the molecule is CCCNc1ncc(C(=O)Nc2ccc(Cl)cc2C)cn1. The van der Waals surface area contributed by atoms with Crippen LogP contribution < -0.4 is 10.6 Å². The summed E-state index contributed by atoms with van der Waals surface area (Å²) in [6, 6.07) is 5.30. The van der Waals surface area contributed by atoms with Gasteiger partial charge in [-0.1, -0.05) is 18.5 Å². The first-order chi connectivity index (χ1) is 10.1. The van der Waals surface area contributed by atoms with Crippen LogP contribution in [0.3, 0.4) is 0 Å². The second kappa shape index (κ2) is 7.04. The lowest BCUT2D eigenvalue weighted by atomic mass is 10.2. The number of aromatic nitrogens is 2. The topological polar surface area (TPSA) is 66.9 Å². The van der Waals surface area contributed by atoms with Gasteiger partial charge in [-0.15, -0.1) is 0 Å². The van der Waals surface area contributed by atoms with Crippen molar-refractivity contribution in [2.45, 2.75) is 20.3 Å². The number of nitrogens with one attached hydrogen (secondary N) is 2. The summed E-state index contributed by atoms with van der Waals surface area (Å²) >= 11 is 5.89. The van der Waals surface area contributed by atoms with E-state index in [1.165, 1.54) is 12.4 Å². The molecule has 1 aromatic heterocycles. The van der Waals surface area contributed by atoms with E-state index in [4.69, 9.17) is 11.6 Å². The number of halogens is 1. The molecule has 21 heavy (non-hydrogen) atoms. The predicted molar refractivity (Wildman–Crippen MR) is 85.0 cm³/mol. The summed E-state index contributed by atoms with van der Waals surface area (Å²) in [5.41, 5.74) is 2.03. The van der Waals surface area contributed by atoms with Gasteiger partial charge in [0.25, 0.3) is 5.91 Å². The first-order valence-corrected chi connectivity index (χ1v) is 7.11. The lowest BCUT2D eigenvalue weighted by molar-refractivity contribution is 0.102. The Morgan fingerprint density at radius 1 is 1.29 bits per heavy atom. The van der Waals surface area contributed by atoms with Crippen molar-refractivity contribution in [3.8, 4) is 0 Å². The fraction of sp³-hybridized carbons (Fsp3) is 0.267. The molecule has 2 aromatic rings. The minimum Gasteiger partial charge on any atom is -0.354 e. The van der Waals surface area contributed by atoms with E-state index in [1.54, 1.807) is 18.2 Å². The molecule has 110 valence electrons. The van der Waals surface area contributed by atoms with E-state index in [0.29, 0.717) is 16.5 Å². The molecule has 0 aliphatic carbocycles. The Labute approximate surface area is 128 Å². The Hall–Kier alpha value is -2.14. The first kappa shape index (κ1) is 15.3. The van der Waals surface area contributed by atoms with Crippen LogP contribution in [0.25, 0.3) is 0 Å². The zero-order chi connectivity index (χ0) is 15.2. The Morgan fingerprint density at radius 3 is 2.62 bits per heavy atom. The molecule has 0 fully saturated rings. The van der Waals surface area contributed by atoms with Crippen LogP contribution in [0, 0.1) is 6.92 Å². The highest BCUT2D eigenvalue weighted by Gasteiger charge is 2.09. The molecular formula is C15H17ClN4O. The summed E-state index contributed by atoms with van der Waals surface area (Å²) in [6.07, 6.45) is 4.00. The van der Waals surface area contributed by atoms with Gasteiger partial charge in [0.05, 0.1) is 5.56 Å². The third kappa shape index (κ3) is 4.16. The van der Waals surface area contributed by atoms with Gasteiger partial charge in [0.1, 0.15) is 0 Å². The van der Waals surface area contributed by atoms with Gasteiger partial charge in [-0.05, 0) is 37.1 Å². The molecule has 0 spiro atoms. The van der Waals surface area contributed by atoms with Crippen molar-refractivity contribution < 1.29 is 4.79 Å². The average Bonchev–Trinajstić information content (AvgIpc) is 2.48. The second-order valence-electron chi connectivity index (χ2n) is 4.64. The van der Waals surface area contributed by atoms with E-state index in [1.807, 2.05) is 6.92 Å². The van der Waals surface area contributed by atoms with Crippen LogP contribution in [0.4, 0.5) is 11.6 Å². The molecule has 2 rings (SSSR count). The fourth-order valence-corrected chi connectivity index (χ4v) is 1.96. The van der Waals surface area contributed by atoms with Crippen LogP contribution in [-0.4, -0.2) is 22.4 Å². The number of rotatable bonds is 5. The molecule has 1 heterocycles. The molecule has 5 nitrogen and oxygen atoms in total. The van der Waals surface area contributed by atoms with Gasteiger partial charge in [-0.2, -0.15) is 0 Å². The van der Waals surface area contributed by atoms with E-state index in [-0.39, 0.29) is 5.91 Å². The quantitative estimate of drug-likeness (QED) is 0.887. The number of amides is 1. The number of benzene rings is 1. The highest BCUT2D eigenvalue weighted by Crippen LogP contribution is 2.20. The molecule has 0 bridgehead atoms. The van der Waals surface area contributed by atoms with E-state index >= 15 is 0 Å². The number of aryl methyl sites for hydroxylation is 1. The lowest BCUT2D eigenvalue weighted by Gasteiger charge is -2.09. The zero-order valence-corrected chi connectivity index (χ0v) is 12.7. The number of nitrogens with zero attached hydrogens (tertiary/aromatic N) is 2. The Morgan fingerprint density at radius 2 is 2.00 bits per heavy atom. The molecular weight excluding hydrogens is 288 g/mol. The summed E-state index contributed by atoms with van der Waals surface area (Å²) < 4.78 is 0. The largest absolute Gasteiger partial charge is 0.354 e. The summed E-state index contributed by atoms with van der Waals surface area (Å²) in [7, 11) is 0. The highest BCUT2D eigenvalue weighted by molar-refractivity contribution is 6.30. The third-order valence-corrected chi connectivity index (χ3v) is 3.12. The van der Waals surface area contributed by atoms with Gasteiger partial charge in [0, 0.05) is 29.6 Å². The van der Waals surface area contributed by atoms with Crippen LogP contribution in [0.2, 0.25) is 5.02 Å². The maximum Gasteiger partial charge on any atom is 0.258 e. The van der Waals surface area contributed by atoms with Crippen LogP contribution in [0.15, 0.2) is 30.6 Å². The Kier molecular flexibility index (Phi) is 5.11. The number of anilines is 2. The Bertz CT molecular complexity index is 628. The number of hydrogen-bond donors (Lipinski definition) is 2. The summed E-state index contributed by atoms with van der Waals surface area (Å²) in [4.78, 5) is 20.4. The smallest absolute Gasteiger partial charge is 0.258 e. The molecule has 1 amide bonds. The lowest BCUT2D eigenvalue weighted by Crippen LogP contribution is -2.14. The van der Waals surface area contributed by atoms with Crippen LogP contribution in [-0.2, 0) is 0 Å². The normalized spacial score (nSPS) is 10.2. The van der Waals surface area contributed by atoms with Gasteiger partial charge < -0.3 is 10.6 Å². The Balaban J connectivity index is 2.06. The second-order valence-corrected chi connectivity index (χ2v) is 5.07. The average molecular weight is 305 g/mol. The molecule has 0 saturated heterocycles. The van der Waals surface area contributed by atoms with Crippen LogP contribution in [0.5, 0.6) is 0 Å². The van der Waals surface area contributed by atoms with Gasteiger partial charge in [0.2, 0.25) is 5.95 Å². The molecule has 0 unspecified atom stereocenters. The van der Waals surface area contributed by atoms with Crippen molar-refractivity contribution in [1.82, 2.24) is 9.97 Å². The van der Waals surface area contributed by atoms with Gasteiger partial charge in [-0.3, -0.25) is 4.79 Å².